The Labute approximate surface area is 184 Å². The molecule has 3 rings (SSSR count). The van der Waals surface area contributed by atoms with E-state index in [4.69, 9.17) is 9.47 Å². The lowest BCUT2D eigenvalue weighted by Gasteiger charge is -2.29. The predicted molar refractivity (Wildman–Crippen MR) is 118 cm³/mol. The summed E-state index contributed by atoms with van der Waals surface area (Å²) in [6.45, 7) is -0.0576. The Bertz CT molecular complexity index is 1030. The van der Waals surface area contributed by atoms with Crippen LogP contribution in [-0.2, 0) is 19.4 Å². The van der Waals surface area contributed by atoms with Crippen LogP contribution in [0.25, 0.3) is 0 Å². The van der Waals surface area contributed by atoms with E-state index in [0.717, 1.165) is 11.8 Å². The van der Waals surface area contributed by atoms with E-state index in [1.165, 1.54) is 31.4 Å². The summed E-state index contributed by atoms with van der Waals surface area (Å²) in [5.74, 6) is 0.414. The molecule has 0 aliphatic carbocycles. The van der Waals surface area contributed by atoms with E-state index in [0.29, 0.717) is 17.2 Å². The van der Waals surface area contributed by atoms with Crippen molar-refractivity contribution in [3.05, 3.63) is 48.5 Å². The number of hydrogen-bond donors (Lipinski definition) is 3. The third kappa shape index (κ3) is 5.69. The molecule has 166 valence electrons. The second-order valence-corrected chi connectivity index (χ2v) is 9.82. The summed E-state index contributed by atoms with van der Waals surface area (Å²) in [5.41, 5.74) is 0.0501. The van der Waals surface area contributed by atoms with Crippen LogP contribution in [0.1, 0.15) is 0 Å². The van der Waals surface area contributed by atoms with Crippen molar-refractivity contribution in [3.8, 4) is 11.5 Å². The van der Waals surface area contributed by atoms with Crippen molar-refractivity contribution in [2.24, 2.45) is 0 Å². The van der Waals surface area contributed by atoms with Crippen LogP contribution in [0.3, 0.4) is 0 Å². The number of nitrogens with one attached hydrogen (secondary N) is 3. The summed E-state index contributed by atoms with van der Waals surface area (Å²) in [5, 5.41) is 7.06. The van der Waals surface area contributed by atoms with Crippen molar-refractivity contribution >= 4 is 39.1 Å². The van der Waals surface area contributed by atoms with E-state index < -0.39 is 26.5 Å². The molecule has 31 heavy (non-hydrogen) atoms. The molecule has 0 aromatic heterocycles. The van der Waals surface area contributed by atoms with Crippen LogP contribution in [0.2, 0.25) is 0 Å². The second-order valence-electron chi connectivity index (χ2n) is 6.59. The Kier molecular flexibility index (Phi) is 7.42. The maximum Gasteiger partial charge on any atom is 0.241 e. The highest BCUT2D eigenvalue weighted by Crippen LogP contribution is 2.22. The molecule has 2 aromatic carbocycles. The summed E-state index contributed by atoms with van der Waals surface area (Å²) in [6, 6.07) is 12.8. The summed E-state index contributed by atoms with van der Waals surface area (Å²) in [7, 11) is -0.825. The fourth-order valence-corrected chi connectivity index (χ4v) is 5.20. The second kappa shape index (κ2) is 10.0. The average Bonchev–Trinajstić information content (AvgIpc) is 2.78. The zero-order valence-corrected chi connectivity index (χ0v) is 18.6. The first-order chi connectivity index (χ1) is 14.8. The van der Waals surface area contributed by atoms with Gasteiger partial charge in [-0.3, -0.25) is 14.9 Å². The lowest BCUT2D eigenvalue weighted by atomic mass is 10.3. The minimum atomic E-state index is -3.87. The third-order valence-corrected chi connectivity index (χ3v) is 7.68. The lowest BCUT2D eigenvalue weighted by Crippen LogP contribution is -2.59. The number of thioether (sulfide) groups is 1. The number of amides is 2. The highest BCUT2D eigenvalue weighted by atomic mass is 32.2. The van der Waals surface area contributed by atoms with E-state index >= 15 is 0 Å². The standard InChI is InChI=1S/C20H23N3O6S2/c1-28-14-5-3-13(4-6-14)22-18(24)12-30-20-21-11-17(19(25)23-20)31(26,27)16-9-7-15(29-2)8-10-16/h3-10,17,20-21H,11-12H2,1-2H3,(H,22,24)(H,23,25). The molecule has 2 unspecified atom stereocenters. The van der Waals surface area contributed by atoms with Crippen molar-refractivity contribution in [1.29, 1.82) is 0 Å². The van der Waals surface area contributed by atoms with E-state index in [2.05, 4.69) is 16.0 Å². The van der Waals surface area contributed by atoms with Crippen LogP contribution in [0.5, 0.6) is 11.5 Å². The summed E-state index contributed by atoms with van der Waals surface area (Å²) in [4.78, 5) is 24.6. The molecule has 11 heteroatoms. The smallest absolute Gasteiger partial charge is 0.241 e. The van der Waals surface area contributed by atoms with Gasteiger partial charge in [-0.25, -0.2) is 8.42 Å². The predicted octanol–water partition coefficient (Wildman–Crippen LogP) is 1.22. The van der Waals surface area contributed by atoms with Gasteiger partial charge >= 0.3 is 0 Å². The van der Waals surface area contributed by atoms with Gasteiger partial charge in [0.2, 0.25) is 11.8 Å². The van der Waals surface area contributed by atoms with Gasteiger partial charge in [0.1, 0.15) is 17.0 Å². The molecular formula is C20H23N3O6S2. The minimum Gasteiger partial charge on any atom is -0.497 e. The first-order valence-electron chi connectivity index (χ1n) is 9.30. The molecule has 9 nitrogen and oxygen atoms in total. The molecule has 2 aromatic rings. The Morgan fingerprint density at radius 2 is 1.65 bits per heavy atom. The van der Waals surface area contributed by atoms with Crippen LogP contribution >= 0.6 is 11.8 Å². The molecule has 0 bridgehead atoms. The van der Waals surface area contributed by atoms with Crippen LogP contribution in [0.4, 0.5) is 5.69 Å². The molecule has 0 radical (unpaired) electrons. The van der Waals surface area contributed by atoms with Crippen LogP contribution in [0.15, 0.2) is 53.4 Å². The number of anilines is 1. The van der Waals surface area contributed by atoms with Crippen molar-refractivity contribution in [2.75, 3.05) is 31.8 Å². The number of sulfone groups is 1. The number of ether oxygens (including phenoxy) is 2. The van der Waals surface area contributed by atoms with E-state index in [1.54, 1.807) is 31.4 Å². The van der Waals surface area contributed by atoms with Crippen molar-refractivity contribution < 1.29 is 27.5 Å². The van der Waals surface area contributed by atoms with Gasteiger partial charge in [-0.1, -0.05) is 0 Å². The van der Waals surface area contributed by atoms with Gasteiger partial charge in [-0.05, 0) is 48.5 Å². The first kappa shape index (κ1) is 22.9. The highest BCUT2D eigenvalue weighted by Gasteiger charge is 2.38. The van der Waals surface area contributed by atoms with Gasteiger partial charge in [0.05, 0.1) is 24.9 Å². The number of rotatable bonds is 8. The molecule has 3 N–H and O–H groups in total. The maximum atomic E-state index is 12.8. The van der Waals surface area contributed by atoms with Crippen LogP contribution in [-0.4, -0.2) is 57.5 Å². The zero-order chi connectivity index (χ0) is 22.4. The quantitative estimate of drug-likeness (QED) is 0.532. The average molecular weight is 466 g/mol. The number of benzene rings is 2. The molecule has 1 aliphatic heterocycles. The van der Waals surface area contributed by atoms with Crippen LogP contribution < -0.4 is 25.4 Å². The Balaban J connectivity index is 1.52. The lowest BCUT2D eigenvalue weighted by molar-refractivity contribution is -0.122. The van der Waals surface area contributed by atoms with Gasteiger partial charge in [0.15, 0.2) is 15.1 Å². The normalized spacial score (nSPS) is 18.7. The Morgan fingerprint density at radius 1 is 1.06 bits per heavy atom. The largest absolute Gasteiger partial charge is 0.497 e. The van der Waals surface area contributed by atoms with Gasteiger partial charge in [0.25, 0.3) is 0 Å². The summed E-state index contributed by atoms with van der Waals surface area (Å²) >= 11 is 1.16. The fourth-order valence-electron chi connectivity index (χ4n) is 2.89. The topological polar surface area (TPSA) is 123 Å². The van der Waals surface area contributed by atoms with Gasteiger partial charge in [-0.2, -0.15) is 0 Å². The molecule has 2 amide bonds. The minimum absolute atomic E-state index is 0.0419. The molecule has 1 fully saturated rings. The third-order valence-electron chi connectivity index (χ3n) is 4.57. The molecular weight excluding hydrogens is 442 g/mol. The monoisotopic (exact) mass is 465 g/mol. The molecule has 2 atom stereocenters. The van der Waals surface area contributed by atoms with Gasteiger partial charge in [-0.15, -0.1) is 11.8 Å². The van der Waals surface area contributed by atoms with E-state index in [1.807, 2.05) is 0 Å². The molecule has 1 heterocycles. The molecule has 1 aliphatic rings. The fraction of sp³-hybridized carbons (Fsp3) is 0.300. The van der Waals surface area contributed by atoms with E-state index in [9.17, 15) is 18.0 Å². The number of hydrogen-bond acceptors (Lipinski definition) is 8. The SMILES string of the molecule is COc1ccc(NC(=O)CSC2NCC(S(=O)(=O)c3ccc(OC)cc3)C(=O)N2)cc1. The van der Waals surface area contributed by atoms with Crippen molar-refractivity contribution in [2.45, 2.75) is 15.6 Å². The summed E-state index contributed by atoms with van der Waals surface area (Å²) in [6.07, 6.45) is 0. The van der Waals surface area contributed by atoms with Crippen LogP contribution in [0, 0.1) is 0 Å². The highest BCUT2D eigenvalue weighted by molar-refractivity contribution is 8.00. The first-order valence-corrected chi connectivity index (χ1v) is 11.9. The summed E-state index contributed by atoms with van der Waals surface area (Å²) < 4.78 is 35.7. The van der Waals surface area contributed by atoms with E-state index in [-0.39, 0.29) is 23.1 Å². The molecule has 1 saturated heterocycles. The number of carbonyl (C=O) groups is 2. The number of methoxy groups -OCH3 is 2. The van der Waals surface area contributed by atoms with Gasteiger partial charge in [0, 0.05) is 12.2 Å². The molecule has 0 saturated carbocycles. The number of carbonyl (C=O) groups excluding carboxylic acids is 2. The maximum absolute atomic E-state index is 12.8. The van der Waals surface area contributed by atoms with Crippen molar-refractivity contribution in [3.63, 3.8) is 0 Å². The van der Waals surface area contributed by atoms with Crippen molar-refractivity contribution in [1.82, 2.24) is 10.6 Å². The van der Waals surface area contributed by atoms with Gasteiger partial charge < -0.3 is 20.1 Å². The molecule has 0 spiro atoms. The Hall–Kier alpha value is -2.76. The zero-order valence-electron chi connectivity index (χ0n) is 17.0. The Morgan fingerprint density at radius 3 is 2.19 bits per heavy atom.